The molecule has 0 saturated heterocycles. The summed E-state index contributed by atoms with van der Waals surface area (Å²) in [5, 5.41) is 22.2. The first-order valence-corrected chi connectivity index (χ1v) is 9.89. The fraction of sp³-hybridized carbons (Fsp3) is 0.429. The van der Waals surface area contributed by atoms with Crippen molar-refractivity contribution in [3.63, 3.8) is 0 Å². The average molecular weight is 381 g/mol. The second-order valence-electron chi connectivity index (χ2n) is 7.79. The molecule has 2 heterocycles. The molecule has 2 aliphatic rings. The van der Waals surface area contributed by atoms with Crippen molar-refractivity contribution in [2.45, 2.75) is 59.0 Å². The second-order valence-corrected chi connectivity index (χ2v) is 7.79. The molecule has 1 aromatic heterocycles. The van der Waals surface area contributed by atoms with Crippen LogP contribution in [-0.4, -0.2) is 32.8 Å². The summed E-state index contributed by atoms with van der Waals surface area (Å²) >= 11 is 0. The normalized spacial score (nSPS) is 19.8. The summed E-state index contributed by atoms with van der Waals surface area (Å²) < 4.78 is 1.81. The van der Waals surface area contributed by atoms with Crippen molar-refractivity contribution in [1.29, 1.82) is 0 Å². The highest BCUT2D eigenvalue weighted by Gasteiger charge is 2.37. The Balaban J connectivity index is 1.69. The molecule has 0 spiro atoms. The van der Waals surface area contributed by atoms with Crippen molar-refractivity contribution in [2.24, 2.45) is 0 Å². The largest absolute Gasteiger partial charge is 0.601 e. The van der Waals surface area contributed by atoms with E-state index in [9.17, 15) is 10.0 Å². The van der Waals surface area contributed by atoms with Crippen molar-refractivity contribution in [3.05, 3.63) is 52.5 Å². The number of amides is 1. The highest BCUT2D eigenvalue weighted by atomic mass is 16.6. The summed E-state index contributed by atoms with van der Waals surface area (Å²) in [6.45, 7) is 7.91. The zero-order valence-corrected chi connectivity index (χ0v) is 16.8. The number of carbonyl (C=O) groups excluding carboxylic acids is 1. The Morgan fingerprint density at radius 1 is 1.29 bits per heavy atom. The molecule has 1 fully saturated rings. The molecule has 2 unspecified atom stereocenters. The molecule has 7 nitrogen and oxygen atoms in total. The monoisotopic (exact) mass is 381 g/mol. The van der Waals surface area contributed by atoms with Gasteiger partial charge in [-0.2, -0.15) is 0 Å². The Labute approximate surface area is 165 Å². The van der Waals surface area contributed by atoms with Gasteiger partial charge in [0.25, 0.3) is 5.82 Å². The van der Waals surface area contributed by atoms with Crippen LogP contribution in [0.3, 0.4) is 0 Å². The lowest BCUT2D eigenvalue weighted by atomic mass is 10.1. The number of hydrogen-bond donors (Lipinski definition) is 2. The van der Waals surface area contributed by atoms with Crippen molar-refractivity contribution in [3.8, 4) is 5.69 Å². The van der Waals surface area contributed by atoms with E-state index < -0.39 is 6.04 Å². The minimum Gasteiger partial charge on any atom is -0.601 e. The van der Waals surface area contributed by atoms with Crippen LogP contribution in [0.25, 0.3) is 11.3 Å². The van der Waals surface area contributed by atoms with Gasteiger partial charge in [-0.15, -0.1) is 5.10 Å². The Kier molecular flexibility index (Phi) is 4.72. The van der Waals surface area contributed by atoms with Crippen LogP contribution in [0.1, 0.15) is 49.9 Å². The third-order valence-electron chi connectivity index (χ3n) is 5.51. The van der Waals surface area contributed by atoms with E-state index in [0.717, 1.165) is 35.4 Å². The smallest absolute Gasteiger partial charge is 0.277 e. The summed E-state index contributed by atoms with van der Waals surface area (Å²) in [5.41, 5.74) is 4.82. The fourth-order valence-corrected chi connectivity index (χ4v) is 3.78. The first-order valence-electron chi connectivity index (χ1n) is 9.89. The number of quaternary nitrogens is 1. The molecule has 2 atom stereocenters. The topological polar surface area (TPSA) is 77.7 Å². The molecular weight excluding hydrogens is 354 g/mol. The molecule has 2 N–H and O–H groups in total. The van der Waals surface area contributed by atoms with E-state index in [1.54, 1.807) is 11.2 Å². The summed E-state index contributed by atoms with van der Waals surface area (Å²) in [7, 11) is 0. The molecule has 4 rings (SSSR count). The molecule has 1 aliphatic heterocycles. The number of fused-ring (bicyclic) bond motifs is 1. The lowest BCUT2D eigenvalue weighted by Gasteiger charge is -2.38. The number of benzene rings is 1. The Hall–Kier alpha value is -2.64. The van der Waals surface area contributed by atoms with E-state index >= 15 is 0 Å². The second kappa shape index (κ2) is 7.07. The van der Waals surface area contributed by atoms with Crippen molar-refractivity contribution in [2.75, 3.05) is 0 Å². The van der Waals surface area contributed by atoms with Crippen LogP contribution < -0.4 is 10.5 Å². The summed E-state index contributed by atoms with van der Waals surface area (Å²) in [6, 6.07) is 7.81. The Morgan fingerprint density at radius 2 is 1.96 bits per heavy atom. The van der Waals surface area contributed by atoms with Crippen LogP contribution in [-0.2, 0) is 4.79 Å². The van der Waals surface area contributed by atoms with Gasteiger partial charge in [-0.1, -0.05) is 24.6 Å². The van der Waals surface area contributed by atoms with Gasteiger partial charge >= 0.3 is 0 Å². The molecular formula is C21H27N5O2. The maximum absolute atomic E-state index is 13.2. The van der Waals surface area contributed by atoms with Gasteiger partial charge in [0.05, 0.1) is 23.1 Å². The van der Waals surface area contributed by atoms with E-state index in [0.29, 0.717) is 12.2 Å². The zero-order valence-electron chi connectivity index (χ0n) is 16.8. The molecule has 2 aromatic rings. The molecule has 1 amide bonds. The van der Waals surface area contributed by atoms with Crippen molar-refractivity contribution >= 4 is 17.3 Å². The van der Waals surface area contributed by atoms with Gasteiger partial charge in [0.2, 0.25) is 5.91 Å². The minimum atomic E-state index is -0.513. The standard InChI is InChI=1S/C21H27N5O2/c1-5-18(21(27)22-16-8-9-16)24-12-14(3)19-15(4)25(23-20(19)26(24)28)17-10-6-13(2)7-11-17/h6-7,10-12,16,18,26H,5,8-9H2,1-4H3,(H,22,27). The molecule has 1 aliphatic carbocycles. The van der Waals surface area contributed by atoms with Gasteiger partial charge in [-0.3, -0.25) is 4.79 Å². The number of nitrogens with one attached hydrogen (secondary N) is 2. The van der Waals surface area contributed by atoms with Gasteiger partial charge in [0.1, 0.15) is 0 Å². The van der Waals surface area contributed by atoms with Crippen LogP contribution >= 0.6 is 0 Å². The van der Waals surface area contributed by atoms with Gasteiger partial charge in [0, 0.05) is 6.04 Å². The van der Waals surface area contributed by atoms with Crippen LogP contribution in [0.2, 0.25) is 0 Å². The number of allylic oxidation sites excluding steroid dienone is 1. The van der Waals surface area contributed by atoms with Crippen LogP contribution in [0, 0.1) is 19.1 Å². The summed E-state index contributed by atoms with van der Waals surface area (Å²) in [4.78, 5) is 12.7. The molecule has 0 bridgehead atoms. The average Bonchev–Trinajstić information content (AvgIpc) is 3.41. The molecule has 1 aromatic carbocycles. The highest BCUT2D eigenvalue weighted by Crippen LogP contribution is 2.30. The molecule has 0 radical (unpaired) electrons. The zero-order chi connectivity index (χ0) is 20.0. The quantitative estimate of drug-likeness (QED) is 0.778. The molecule has 7 heteroatoms. The SMILES string of the molecule is CCC(C(=O)NC1CC1)N1C=C(C)c2c(nn(-c3ccc(C)cc3)c2C)[NH+]1[O-]. The number of nitrogens with zero attached hydrogens (tertiary/aromatic N) is 3. The van der Waals surface area contributed by atoms with Gasteiger partial charge in [-0.05, 0) is 57.7 Å². The lowest BCUT2D eigenvalue weighted by Crippen LogP contribution is -3.11. The highest BCUT2D eigenvalue weighted by molar-refractivity contribution is 5.83. The van der Waals surface area contributed by atoms with E-state index in [1.807, 2.05) is 56.6 Å². The summed E-state index contributed by atoms with van der Waals surface area (Å²) in [5.74, 6) is 0.330. The van der Waals surface area contributed by atoms with Gasteiger partial charge in [0.15, 0.2) is 6.04 Å². The van der Waals surface area contributed by atoms with Crippen molar-refractivity contribution < 1.29 is 9.97 Å². The maximum atomic E-state index is 13.2. The predicted molar refractivity (Wildman–Crippen MR) is 108 cm³/mol. The van der Waals surface area contributed by atoms with Crippen LogP contribution in [0.4, 0.5) is 5.82 Å². The molecule has 1 saturated carbocycles. The molecule has 28 heavy (non-hydrogen) atoms. The number of aryl methyl sites for hydroxylation is 1. The Morgan fingerprint density at radius 3 is 2.57 bits per heavy atom. The maximum Gasteiger partial charge on any atom is 0.277 e. The number of carbonyl (C=O) groups is 1. The van der Waals surface area contributed by atoms with Gasteiger partial charge < -0.3 is 10.5 Å². The first-order chi connectivity index (χ1) is 13.4. The van der Waals surface area contributed by atoms with E-state index in [-0.39, 0.29) is 17.1 Å². The third kappa shape index (κ3) is 3.21. The van der Waals surface area contributed by atoms with E-state index in [2.05, 4.69) is 10.4 Å². The predicted octanol–water partition coefficient (Wildman–Crippen LogP) is 2.15. The number of aromatic nitrogens is 2. The third-order valence-corrected chi connectivity index (χ3v) is 5.51. The fourth-order valence-electron chi connectivity index (χ4n) is 3.78. The van der Waals surface area contributed by atoms with Crippen LogP contribution in [0.15, 0.2) is 30.5 Å². The lowest BCUT2D eigenvalue weighted by molar-refractivity contribution is -0.908. The number of rotatable bonds is 5. The molecule has 148 valence electrons. The number of hydrogen-bond acceptors (Lipinski definition) is 4. The van der Waals surface area contributed by atoms with Crippen LogP contribution in [0.5, 0.6) is 0 Å². The van der Waals surface area contributed by atoms with E-state index in [4.69, 9.17) is 0 Å². The Bertz CT molecular complexity index is 927. The van der Waals surface area contributed by atoms with Crippen molar-refractivity contribution in [1.82, 2.24) is 20.1 Å². The minimum absolute atomic E-state index is 0.0828. The van der Waals surface area contributed by atoms with Gasteiger partial charge in [-0.25, -0.2) is 14.9 Å². The van der Waals surface area contributed by atoms with E-state index in [1.165, 1.54) is 5.56 Å². The first kappa shape index (κ1) is 18.7. The summed E-state index contributed by atoms with van der Waals surface area (Å²) in [6.07, 6.45) is 4.41.